The summed E-state index contributed by atoms with van der Waals surface area (Å²) in [5.41, 5.74) is 1.39. The molecule has 2 heterocycles. The molecule has 1 saturated carbocycles. The van der Waals surface area contributed by atoms with Crippen molar-refractivity contribution in [2.75, 3.05) is 0 Å². The van der Waals surface area contributed by atoms with Gasteiger partial charge in [-0.1, -0.05) is 49.7 Å². The van der Waals surface area contributed by atoms with Gasteiger partial charge < -0.3 is 10.2 Å². The van der Waals surface area contributed by atoms with Crippen molar-refractivity contribution in [3.63, 3.8) is 0 Å². The number of nitrogens with one attached hydrogen (secondary N) is 2. The van der Waals surface area contributed by atoms with Gasteiger partial charge in [0.1, 0.15) is 17.2 Å². The summed E-state index contributed by atoms with van der Waals surface area (Å²) in [7, 11) is 0. The van der Waals surface area contributed by atoms with Crippen LogP contribution in [-0.2, 0) is 11.3 Å². The molecule has 2 aromatic carbocycles. The Morgan fingerprint density at radius 1 is 1.20 bits per heavy atom. The average Bonchev–Trinajstić information content (AvgIpc) is 3.52. The molecule has 1 unspecified atom stereocenters. The van der Waals surface area contributed by atoms with Crippen LogP contribution < -0.4 is 5.32 Å². The van der Waals surface area contributed by atoms with Gasteiger partial charge in [0.15, 0.2) is 5.82 Å². The molecule has 9 nitrogen and oxygen atoms in total. The van der Waals surface area contributed by atoms with Gasteiger partial charge in [-0.25, -0.2) is 4.39 Å². The number of hydrogen-bond donors (Lipinski definition) is 2. The van der Waals surface area contributed by atoms with Crippen LogP contribution in [0.15, 0.2) is 47.5 Å². The van der Waals surface area contributed by atoms with Crippen LogP contribution in [0.4, 0.5) is 4.39 Å². The fourth-order valence-corrected chi connectivity index (χ4v) is 6.13. The molecule has 0 bridgehead atoms. The third-order valence-corrected chi connectivity index (χ3v) is 8.39. The van der Waals surface area contributed by atoms with Crippen molar-refractivity contribution in [3.8, 4) is 0 Å². The monoisotopic (exact) mass is 565 g/mol. The second-order valence-corrected chi connectivity index (χ2v) is 12.2. The van der Waals surface area contributed by atoms with E-state index in [1.807, 2.05) is 24.0 Å². The molecule has 1 spiro atoms. The van der Waals surface area contributed by atoms with Crippen molar-refractivity contribution in [1.29, 1.82) is 0 Å². The molecule has 40 heavy (non-hydrogen) atoms. The first kappa shape index (κ1) is 27.9. The van der Waals surface area contributed by atoms with Gasteiger partial charge >= 0.3 is 0 Å². The number of tetrazole rings is 1. The largest absolute Gasteiger partial charge is 0.345 e. The van der Waals surface area contributed by atoms with E-state index in [-0.39, 0.29) is 40.6 Å². The lowest BCUT2D eigenvalue weighted by atomic mass is 9.69. The zero-order valence-electron chi connectivity index (χ0n) is 23.0. The summed E-state index contributed by atoms with van der Waals surface area (Å²) >= 11 is 6.15. The molecule has 1 aliphatic heterocycles. The standard InChI is InChI=1S/C29H33ClFN7O2/c1-17(18-5-7-19(8-6-18)26(39)32-16-24-34-36-37-35-24)38-27(40)25(20-13-22(30)15-23(31)14-20)33-29(38)11-9-21(10-12-29)28(2,3)4/h5-8,13-15,17,21H,9-12,16H2,1-4H3,(H,32,39)(H,34,35,36,37). The molecule has 5 rings (SSSR count). The predicted molar refractivity (Wildman–Crippen MR) is 149 cm³/mol. The SMILES string of the molecule is CC(c1ccc(C(=O)NCc2nn[nH]n2)cc1)N1C(=O)C(c2cc(F)cc(Cl)c2)=NC12CCC(C(C)(C)C)CC2. The Kier molecular flexibility index (Phi) is 7.48. The molecule has 3 aromatic rings. The zero-order valence-corrected chi connectivity index (χ0v) is 23.8. The highest BCUT2D eigenvalue weighted by molar-refractivity contribution is 6.47. The molecule has 0 radical (unpaired) electrons. The third kappa shape index (κ3) is 5.50. The van der Waals surface area contributed by atoms with E-state index in [2.05, 4.69) is 46.7 Å². The second-order valence-electron chi connectivity index (χ2n) is 11.7. The molecule has 1 fully saturated rings. The average molecular weight is 566 g/mol. The van der Waals surface area contributed by atoms with E-state index < -0.39 is 11.5 Å². The van der Waals surface area contributed by atoms with E-state index in [0.717, 1.165) is 18.4 Å². The topological polar surface area (TPSA) is 116 Å². The van der Waals surface area contributed by atoms with Crippen LogP contribution in [0.2, 0.25) is 5.02 Å². The summed E-state index contributed by atoms with van der Waals surface area (Å²) in [6.45, 7) is 8.87. The van der Waals surface area contributed by atoms with Gasteiger partial charge in [-0.2, -0.15) is 5.21 Å². The van der Waals surface area contributed by atoms with Gasteiger partial charge in [-0.05, 0) is 79.8 Å². The van der Waals surface area contributed by atoms with Crippen molar-refractivity contribution in [2.45, 2.75) is 71.6 Å². The first-order valence-electron chi connectivity index (χ1n) is 13.5. The number of benzene rings is 2. The molecule has 2 amide bonds. The van der Waals surface area contributed by atoms with Crippen LogP contribution in [0.25, 0.3) is 0 Å². The Bertz CT molecular complexity index is 1410. The lowest BCUT2D eigenvalue weighted by Gasteiger charge is -2.46. The smallest absolute Gasteiger partial charge is 0.275 e. The van der Waals surface area contributed by atoms with Gasteiger partial charge in [-0.15, -0.1) is 10.2 Å². The van der Waals surface area contributed by atoms with Crippen molar-refractivity contribution < 1.29 is 14.0 Å². The minimum atomic E-state index is -0.729. The van der Waals surface area contributed by atoms with Gasteiger partial charge in [-0.3, -0.25) is 14.6 Å². The van der Waals surface area contributed by atoms with Crippen molar-refractivity contribution in [2.24, 2.45) is 16.3 Å². The highest BCUT2D eigenvalue weighted by atomic mass is 35.5. The van der Waals surface area contributed by atoms with E-state index in [1.54, 1.807) is 18.2 Å². The number of aromatic nitrogens is 4. The van der Waals surface area contributed by atoms with Crippen LogP contribution in [0.5, 0.6) is 0 Å². The molecule has 2 N–H and O–H groups in total. The van der Waals surface area contributed by atoms with Gasteiger partial charge in [0.25, 0.3) is 11.8 Å². The number of hydrogen-bond acceptors (Lipinski definition) is 6. The van der Waals surface area contributed by atoms with E-state index in [0.29, 0.717) is 35.7 Å². The molecule has 1 atom stereocenters. The Hall–Kier alpha value is -3.66. The zero-order chi connectivity index (χ0) is 28.7. The predicted octanol–water partition coefficient (Wildman–Crippen LogP) is 5.25. The summed E-state index contributed by atoms with van der Waals surface area (Å²) < 4.78 is 14.3. The van der Waals surface area contributed by atoms with Crippen molar-refractivity contribution in [1.82, 2.24) is 30.8 Å². The van der Waals surface area contributed by atoms with Crippen LogP contribution >= 0.6 is 11.6 Å². The quantitative estimate of drug-likeness (QED) is 0.423. The molecule has 1 aromatic heterocycles. The number of nitrogens with zero attached hydrogens (tertiary/aromatic N) is 5. The number of carbonyl (C=O) groups is 2. The van der Waals surface area contributed by atoms with Crippen molar-refractivity contribution in [3.05, 3.63) is 75.8 Å². The summed E-state index contributed by atoms with van der Waals surface area (Å²) in [6, 6.07) is 11.0. The number of H-pyrrole nitrogens is 1. The number of carbonyl (C=O) groups excluding carboxylic acids is 2. The summed E-state index contributed by atoms with van der Waals surface area (Å²) in [5.74, 6) is -0.133. The Morgan fingerprint density at radius 3 is 2.50 bits per heavy atom. The van der Waals surface area contributed by atoms with Crippen LogP contribution in [0, 0.1) is 17.2 Å². The second kappa shape index (κ2) is 10.7. The number of aliphatic imine (C=N–C) groups is 1. The number of aromatic amines is 1. The van der Waals surface area contributed by atoms with Crippen LogP contribution in [0.3, 0.4) is 0 Å². The first-order chi connectivity index (χ1) is 19.0. The molecular formula is C29H33ClFN7O2. The highest BCUT2D eigenvalue weighted by Gasteiger charge is 2.52. The third-order valence-electron chi connectivity index (χ3n) is 8.18. The molecule has 2 aliphatic rings. The molecule has 1 aliphatic carbocycles. The normalized spacial score (nSPS) is 21.9. The fraction of sp³-hybridized carbons (Fsp3) is 0.448. The van der Waals surface area contributed by atoms with Crippen LogP contribution in [-0.4, -0.2) is 48.7 Å². The van der Waals surface area contributed by atoms with Crippen molar-refractivity contribution >= 4 is 29.1 Å². The van der Waals surface area contributed by atoms with E-state index in [4.69, 9.17) is 16.6 Å². The maximum absolute atomic E-state index is 14.3. The van der Waals surface area contributed by atoms with E-state index >= 15 is 0 Å². The number of rotatable bonds is 6. The lowest BCUT2D eigenvalue weighted by Crippen LogP contribution is -2.50. The maximum atomic E-state index is 14.3. The van der Waals surface area contributed by atoms with E-state index in [9.17, 15) is 14.0 Å². The molecular weight excluding hydrogens is 533 g/mol. The first-order valence-corrected chi connectivity index (χ1v) is 13.9. The Morgan fingerprint density at radius 2 is 1.90 bits per heavy atom. The van der Waals surface area contributed by atoms with Gasteiger partial charge in [0.05, 0.1) is 12.6 Å². The highest BCUT2D eigenvalue weighted by Crippen LogP contribution is 2.49. The minimum Gasteiger partial charge on any atom is -0.345 e. The Balaban J connectivity index is 1.41. The molecule has 210 valence electrons. The molecule has 0 saturated heterocycles. The maximum Gasteiger partial charge on any atom is 0.275 e. The minimum absolute atomic E-state index is 0.151. The van der Waals surface area contributed by atoms with Gasteiger partial charge in [0.2, 0.25) is 0 Å². The Labute approximate surface area is 237 Å². The summed E-state index contributed by atoms with van der Waals surface area (Å²) in [4.78, 5) is 33.5. The van der Waals surface area contributed by atoms with Gasteiger partial charge in [0, 0.05) is 16.1 Å². The number of halogens is 2. The summed E-state index contributed by atoms with van der Waals surface area (Å²) in [6.07, 6.45) is 3.29. The van der Waals surface area contributed by atoms with Crippen LogP contribution in [0.1, 0.15) is 86.7 Å². The van der Waals surface area contributed by atoms with E-state index in [1.165, 1.54) is 12.1 Å². The lowest BCUT2D eigenvalue weighted by molar-refractivity contribution is -0.132. The molecule has 11 heteroatoms. The fourth-order valence-electron chi connectivity index (χ4n) is 5.91. The summed E-state index contributed by atoms with van der Waals surface area (Å²) in [5, 5.41) is 16.5. The number of amides is 2.